The number of fused-ring (bicyclic) bond motifs is 3. The normalized spacial score (nSPS) is 14.1. The highest BCUT2D eigenvalue weighted by atomic mass is 16.4. The molecule has 60 heavy (non-hydrogen) atoms. The van der Waals surface area contributed by atoms with Gasteiger partial charge in [0.2, 0.25) is 34.5 Å². The number of aromatic hydroxyl groups is 10. The van der Waals surface area contributed by atoms with Gasteiger partial charge in [0.25, 0.3) is 0 Å². The molecule has 0 amide bonds. The van der Waals surface area contributed by atoms with Crippen LogP contribution in [0.4, 0.5) is 0 Å². The lowest BCUT2D eigenvalue weighted by molar-refractivity contribution is 0.330. The number of hydrogen-bond donors (Lipinski definition) is 10. The Morgan fingerprint density at radius 1 is 0.417 bits per heavy atom. The molecule has 10 N–H and O–H groups in total. The summed E-state index contributed by atoms with van der Waals surface area (Å²) >= 11 is 0. The Morgan fingerprint density at radius 2 is 0.833 bits per heavy atom. The molecular formula is C50H38O10. The first kappa shape index (κ1) is 37.6. The van der Waals surface area contributed by atoms with Crippen molar-refractivity contribution in [3.63, 3.8) is 0 Å². The molecule has 0 heterocycles. The van der Waals surface area contributed by atoms with Gasteiger partial charge in [-0.25, -0.2) is 0 Å². The zero-order valence-electron chi connectivity index (χ0n) is 32.2. The van der Waals surface area contributed by atoms with E-state index in [9.17, 15) is 51.1 Å². The number of benzene rings is 8. The van der Waals surface area contributed by atoms with Gasteiger partial charge in [-0.05, 0) is 108 Å². The van der Waals surface area contributed by atoms with Crippen LogP contribution >= 0.6 is 0 Å². The van der Waals surface area contributed by atoms with Gasteiger partial charge in [-0.3, -0.25) is 0 Å². The summed E-state index contributed by atoms with van der Waals surface area (Å²) in [6, 6.07) is 32.8. The molecule has 0 saturated carbocycles. The minimum Gasteiger partial charge on any atom is -0.504 e. The topological polar surface area (TPSA) is 202 Å². The molecule has 8 aromatic carbocycles. The first-order valence-electron chi connectivity index (χ1n) is 19.2. The maximum atomic E-state index is 10.6. The Bertz CT molecular complexity index is 3080. The van der Waals surface area contributed by atoms with E-state index >= 15 is 0 Å². The summed E-state index contributed by atoms with van der Waals surface area (Å²) in [5.41, 5.74) is 7.37. The largest absolute Gasteiger partial charge is 0.504 e. The number of hydrogen-bond acceptors (Lipinski definition) is 10. The van der Waals surface area contributed by atoms with Crippen molar-refractivity contribution in [2.45, 2.75) is 20.3 Å². The van der Waals surface area contributed by atoms with Gasteiger partial charge >= 0.3 is 0 Å². The molecule has 10 nitrogen and oxygen atoms in total. The van der Waals surface area contributed by atoms with Gasteiger partial charge < -0.3 is 51.1 Å². The Morgan fingerprint density at radius 3 is 1.33 bits per heavy atom. The van der Waals surface area contributed by atoms with Gasteiger partial charge in [0.05, 0.1) is 11.1 Å². The van der Waals surface area contributed by atoms with Crippen LogP contribution in [0.25, 0.3) is 76.8 Å². The SMILES string of the molecule is Cc1c(C2=C(c3c4ccccc4c(-c4ccc(-c5c(O)c(O)c(O)c(O)c5O)cc4)c4ccccc34)C=CCC2C)ccc2cc(-c3c(O)c(O)c(O)c(O)c3O)ccc12. The molecule has 8 aromatic rings. The summed E-state index contributed by atoms with van der Waals surface area (Å²) in [5, 5.41) is 109. The fourth-order valence-corrected chi connectivity index (χ4v) is 8.88. The molecule has 0 radical (unpaired) electrons. The van der Waals surface area contributed by atoms with Crippen LogP contribution < -0.4 is 0 Å². The van der Waals surface area contributed by atoms with E-state index in [1.54, 1.807) is 24.3 Å². The summed E-state index contributed by atoms with van der Waals surface area (Å²) in [5.74, 6) is -8.71. The van der Waals surface area contributed by atoms with Crippen molar-refractivity contribution in [3.8, 4) is 90.9 Å². The Labute approximate surface area is 342 Å². The zero-order chi connectivity index (χ0) is 42.3. The highest BCUT2D eigenvalue weighted by Gasteiger charge is 2.28. The highest BCUT2D eigenvalue weighted by molar-refractivity contribution is 6.22. The van der Waals surface area contributed by atoms with Crippen molar-refractivity contribution in [3.05, 3.63) is 132 Å². The fraction of sp³-hybridized carbons (Fsp3) is 0.0800. The minimum absolute atomic E-state index is 0.133. The molecular weight excluding hydrogens is 761 g/mol. The van der Waals surface area contributed by atoms with Crippen molar-refractivity contribution in [2.75, 3.05) is 0 Å². The van der Waals surface area contributed by atoms with E-state index in [0.717, 1.165) is 77.7 Å². The first-order chi connectivity index (χ1) is 28.8. The van der Waals surface area contributed by atoms with Crippen LogP contribution in [0.3, 0.4) is 0 Å². The van der Waals surface area contributed by atoms with Gasteiger partial charge in [-0.15, -0.1) is 0 Å². The van der Waals surface area contributed by atoms with Crippen molar-refractivity contribution >= 4 is 43.5 Å². The molecule has 0 aromatic heterocycles. The number of aryl methyl sites for hydroxylation is 1. The summed E-state index contributed by atoms with van der Waals surface area (Å²) in [6.45, 7) is 4.27. The lowest BCUT2D eigenvalue weighted by Crippen LogP contribution is -2.07. The van der Waals surface area contributed by atoms with Crippen molar-refractivity contribution < 1.29 is 51.1 Å². The van der Waals surface area contributed by atoms with Gasteiger partial charge in [-0.2, -0.15) is 0 Å². The van der Waals surface area contributed by atoms with Crippen molar-refractivity contribution in [1.29, 1.82) is 0 Å². The van der Waals surface area contributed by atoms with E-state index in [0.29, 0.717) is 11.1 Å². The van der Waals surface area contributed by atoms with E-state index in [4.69, 9.17) is 0 Å². The molecule has 9 rings (SSSR count). The third-order valence-electron chi connectivity index (χ3n) is 11.8. The average Bonchev–Trinajstić information content (AvgIpc) is 3.26. The Hall–Kier alpha value is -7.98. The number of rotatable bonds is 5. The monoisotopic (exact) mass is 798 g/mol. The first-order valence-corrected chi connectivity index (χ1v) is 19.2. The van der Waals surface area contributed by atoms with E-state index in [2.05, 4.69) is 56.3 Å². The van der Waals surface area contributed by atoms with Crippen molar-refractivity contribution in [2.24, 2.45) is 5.92 Å². The lowest BCUT2D eigenvalue weighted by atomic mass is 9.76. The van der Waals surface area contributed by atoms with Crippen LogP contribution in [0.2, 0.25) is 0 Å². The summed E-state index contributed by atoms with van der Waals surface area (Å²) < 4.78 is 0. The van der Waals surface area contributed by atoms with Crippen molar-refractivity contribution in [1.82, 2.24) is 0 Å². The summed E-state index contributed by atoms with van der Waals surface area (Å²) in [4.78, 5) is 0. The lowest BCUT2D eigenvalue weighted by Gasteiger charge is -2.27. The standard InChI is InChI=1S/C50H38O10/c1-23-8-7-13-35(36(23)30-21-18-27-22-28(19-20-29(27)24(30)2)39-43(53)47(57)50(60)48(58)44(39)54)40-33-11-5-3-9-31(33)37(32-10-4-6-12-34(32)40)25-14-16-26(17-15-25)38-41(51)45(55)49(59)46(56)42(38)52/h3-7,9-23,51-60H,8H2,1-2H3. The molecule has 1 atom stereocenters. The second-order valence-corrected chi connectivity index (χ2v) is 15.2. The predicted octanol–water partition coefficient (Wildman–Crippen LogP) is 11.0. The molecule has 1 aliphatic carbocycles. The van der Waals surface area contributed by atoms with Gasteiger partial charge in [0, 0.05) is 0 Å². The van der Waals surface area contributed by atoms with E-state index in [1.807, 2.05) is 48.5 Å². The third kappa shape index (κ3) is 5.49. The molecule has 0 fully saturated rings. The molecule has 0 aliphatic heterocycles. The van der Waals surface area contributed by atoms with Crippen LogP contribution in [0.1, 0.15) is 30.0 Å². The van der Waals surface area contributed by atoms with Crippen LogP contribution in [-0.2, 0) is 0 Å². The van der Waals surface area contributed by atoms with Gasteiger partial charge in [0.1, 0.15) is 0 Å². The van der Waals surface area contributed by atoms with Crippen LogP contribution in [-0.4, -0.2) is 51.1 Å². The Kier molecular flexibility index (Phi) is 8.67. The number of phenolic OH excluding ortho intramolecular Hbond substituents is 10. The van der Waals surface area contributed by atoms with Gasteiger partial charge in [0.15, 0.2) is 23.0 Å². The number of phenols is 10. The van der Waals surface area contributed by atoms with Gasteiger partial charge in [-0.1, -0.05) is 116 Å². The molecule has 10 heteroatoms. The highest BCUT2D eigenvalue weighted by Crippen LogP contribution is 2.57. The van der Waals surface area contributed by atoms with E-state index in [-0.39, 0.29) is 17.0 Å². The average molecular weight is 799 g/mol. The zero-order valence-corrected chi connectivity index (χ0v) is 32.2. The molecule has 298 valence electrons. The minimum atomic E-state index is -1.02. The maximum Gasteiger partial charge on any atom is 0.208 e. The molecule has 0 spiro atoms. The smallest absolute Gasteiger partial charge is 0.208 e. The summed E-state index contributed by atoms with van der Waals surface area (Å²) in [7, 11) is 0. The second kappa shape index (κ2) is 13.8. The Balaban J connectivity index is 1.23. The van der Waals surface area contributed by atoms with Crippen LogP contribution in [0.15, 0.2) is 115 Å². The molecule has 1 aliphatic rings. The van der Waals surface area contributed by atoms with E-state index < -0.39 is 57.5 Å². The molecule has 0 saturated heterocycles. The number of allylic oxidation sites excluding steroid dienone is 4. The third-order valence-corrected chi connectivity index (χ3v) is 11.8. The second-order valence-electron chi connectivity index (χ2n) is 15.2. The molecule has 1 unspecified atom stereocenters. The van der Waals surface area contributed by atoms with Crippen LogP contribution in [0.5, 0.6) is 57.5 Å². The quantitative estimate of drug-likeness (QED) is 0.0453. The van der Waals surface area contributed by atoms with Crippen LogP contribution in [0, 0.1) is 12.8 Å². The summed E-state index contributed by atoms with van der Waals surface area (Å²) in [6.07, 6.45) is 5.22. The fourth-order valence-electron chi connectivity index (χ4n) is 8.88. The predicted molar refractivity (Wildman–Crippen MR) is 233 cm³/mol. The maximum absolute atomic E-state index is 10.6. The van der Waals surface area contributed by atoms with E-state index in [1.165, 1.54) is 0 Å². The molecule has 0 bridgehead atoms.